The average molecular weight is 489 g/mol. The molecule has 0 spiro atoms. The molecule has 9 heteroatoms. The highest BCUT2D eigenvalue weighted by atomic mass is 16.5. The number of carbonyl (C=O) groups is 3. The number of carbonyl (C=O) groups excluding carboxylic acids is 3. The third-order valence-corrected chi connectivity index (χ3v) is 4.95. The number of nitrogens with one attached hydrogen (secondary N) is 3. The van der Waals surface area contributed by atoms with Crippen molar-refractivity contribution in [2.45, 2.75) is 19.9 Å². The van der Waals surface area contributed by atoms with Crippen LogP contribution in [0.4, 0.5) is 5.69 Å². The Bertz CT molecular complexity index is 1200. The summed E-state index contributed by atoms with van der Waals surface area (Å²) >= 11 is 0. The maximum Gasteiger partial charge on any atom is 0.329 e. The summed E-state index contributed by atoms with van der Waals surface area (Å²) in [6.45, 7) is 4.03. The van der Waals surface area contributed by atoms with Crippen LogP contribution in [0.25, 0.3) is 0 Å². The van der Waals surface area contributed by atoms with Gasteiger partial charge in [-0.3, -0.25) is 14.4 Å². The Labute approximate surface area is 209 Å². The van der Waals surface area contributed by atoms with Crippen LogP contribution in [0.1, 0.15) is 31.0 Å². The lowest BCUT2D eigenvalue weighted by Crippen LogP contribution is -2.32. The van der Waals surface area contributed by atoms with E-state index in [9.17, 15) is 14.4 Å². The molecule has 186 valence electrons. The maximum atomic E-state index is 12.2. The summed E-state index contributed by atoms with van der Waals surface area (Å²) in [5.74, 6) is -1.06. The monoisotopic (exact) mass is 488 g/mol. The van der Waals surface area contributed by atoms with Crippen LogP contribution in [0, 0.1) is 0 Å². The van der Waals surface area contributed by atoms with Gasteiger partial charge < -0.3 is 20.1 Å². The molecule has 3 amide bonds. The van der Waals surface area contributed by atoms with Gasteiger partial charge in [0.2, 0.25) is 0 Å². The van der Waals surface area contributed by atoms with Crippen LogP contribution in [-0.4, -0.2) is 37.1 Å². The molecule has 0 heterocycles. The van der Waals surface area contributed by atoms with E-state index in [1.165, 1.54) is 6.21 Å². The second kappa shape index (κ2) is 13.3. The molecule has 0 aliphatic heterocycles. The second-order valence-electron chi connectivity index (χ2n) is 7.64. The molecule has 0 aromatic heterocycles. The number of rotatable bonds is 10. The maximum absolute atomic E-state index is 12.2. The first-order valence-corrected chi connectivity index (χ1v) is 11.4. The zero-order chi connectivity index (χ0) is 25.8. The molecule has 3 N–H and O–H groups in total. The number of nitrogens with zero attached hydrogens (tertiary/aromatic N) is 1. The summed E-state index contributed by atoms with van der Waals surface area (Å²) in [4.78, 5) is 36.3. The molecule has 1 atom stereocenters. The number of anilines is 1. The molecule has 3 aromatic carbocycles. The van der Waals surface area contributed by atoms with Gasteiger partial charge in [-0.15, -0.1) is 0 Å². The SMILES string of the molecule is CCOc1ccccc1NC(=O)C(=O)N/N=C\c1ccc(OCC(=O)N[C@H](C)c2ccccc2)cc1. The van der Waals surface area contributed by atoms with Crippen molar-refractivity contribution < 1.29 is 23.9 Å². The van der Waals surface area contributed by atoms with Gasteiger partial charge in [-0.25, -0.2) is 5.43 Å². The lowest BCUT2D eigenvalue weighted by Gasteiger charge is -2.14. The molecule has 0 saturated carbocycles. The predicted octanol–water partition coefficient (Wildman–Crippen LogP) is 3.43. The first-order valence-electron chi connectivity index (χ1n) is 11.4. The van der Waals surface area contributed by atoms with E-state index in [0.29, 0.717) is 29.4 Å². The Morgan fingerprint density at radius 2 is 1.58 bits per heavy atom. The van der Waals surface area contributed by atoms with Crippen molar-refractivity contribution in [3.8, 4) is 11.5 Å². The highest BCUT2D eigenvalue weighted by Gasteiger charge is 2.15. The van der Waals surface area contributed by atoms with Gasteiger partial charge in [-0.1, -0.05) is 42.5 Å². The Morgan fingerprint density at radius 3 is 2.31 bits per heavy atom. The third kappa shape index (κ3) is 7.98. The van der Waals surface area contributed by atoms with Gasteiger partial charge in [0.25, 0.3) is 5.91 Å². The number of ether oxygens (including phenoxy) is 2. The average Bonchev–Trinajstić information content (AvgIpc) is 2.90. The van der Waals surface area contributed by atoms with E-state index in [0.717, 1.165) is 5.56 Å². The quantitative estimate of drug-likeness (QED) is 0.230. The van der Waals surface area contributed by atoms with Crippen molar-refractivity contribution in [3.05, 3.63) is 90.0 Å². The smallest absolute Gasteiger partial charge is 0.329 e. The molecule has 0 bridgehead atoms. The van der Waals surface area contributed by atoms with Crippen molar-refractivity contribution >= 4 is 29.6 Å². The number of amides is 3. The van der Waals surface area contributed by atoms with Crippen molar-refractivity contribution in [1.82, 2.24) is 10.7 Å². The minimum absolute atomic E-state index is 0.123. The number of hydrogen-bond acceptors (Lipinski definition) is 6. The van der Waals surface area contributed by atoms with E-state index in [4.69, 9.17) is 9.47 Å². The third-order valence-electron chi connectivity index (χ3n) is 4.95. The van der Waals surface area contributed by atoms with Crippen molar-refractivity contribution in [3.63, 3.8) is 0 Å². The van der Waals surface area contributed by atoms with Crippen LogP contribution >= 0.6 is 0 Å². The molecular formula is C27H28N4O5. The van der Waals surface area contributed by atoms with E-state index in [2.05, 4.69) is 21.2 Å². The first-order chi connectivity index (χ1) is 17.5. The lowest BCUT2D eigenvalue weighted by atomic mass is 10.1. The van der Waals surface area contributed by atoms with E-state index in [1.54, 1.807) is 48.5 Å². The molecule has 0 aliphatic rings. The molecule has 36 heavy (non-hydrogen) atoms. The minimum Gasteiger partial charge on any atom is -0.492 e. The Hall–Kier alpha value is -4.66. The van der Waals surface area contributed by atoms with Crippen LogP contribution in [0.2, 0.25) is 0 Å². The molecular weight excluding hydrogens is 460 g/mol. The zero-order valence-corrected chi connectivity index (χ0v) is 20.1. The highest BCUT2D eigenvalue weighted by molar-refractivity contribution is 6.39. The van der Waals surface area contributed by atoms with Gasteiger partial charge >= 0.3 is 11.8 Å². The fourth-order valence-corrected chi connectivity index (χ4v) is 3.15. The minimum atomic E-state index is -0.923. The fourth-order valence-electron chi connectivity index (χ4n) is 3.15. The molecule has 0 unspecified atom stereocenters. The van der Waals surface area contributed by atoms with Crippen LogP contribution in [0.15, 0.2) is 84.0 Å². The summed E-state index contributed by atoms with van der Waals surface area (Å²) in [5.41, 5.74) is 4.24. The zero-order valence-electron chi connectivity index (χ0n) is 20.1. The van der Waals surface area contributed by atoms with Gasteiger partial charge in [0.15, 0.2) is 6.61 Å². The molecule has 3 rings (SSSR count). The van der Waals surface area contributed by atoms with Crippen LogP contribution in [0.3, 0.4) is 0 Å². The summed E-state index contributed by atoms with van der Waals surface area (Å²) in [5, 5.41) is 9.19. The van der Waals surface area contributed by atoms with Crippen LogP contribution in [-0.2, 0) is 14.4 Å². The van der Waals surface area contributed by atoms with Crippen molar-refractivity contribution in [1.29, 1.82) is 0 Å². The Kier molecular flexibility index (Phi) is 9.58. The van der Waals surface area contributed by atoms with Gasteiger partial charge in [0.05, 0.1) is 24.6 Å². The summed E-state index contributed by atoms with van der Waals surface area (Å²) in [6.07, 6.45) is 1.39. The molecule has 0 saturated heterocycles. The van der Waals surface area contributed by atoms with Crippen molar-refractivity contribution in [2.24, 2.45) is 5.10 Å². The Balaban J connectivity index is 1.43. The van der Waals surface area contributed by atoms with E-state index in [-0.39, 0.29) is 18.6 Å². The lowest BCUT2D eigenvalue weighted by molar-refractivity contribution is -0.136. The first kappa shape index (κ1) is 26.0. The topological polar surface area (TPSA) is 118 Å². The Morgan fingerprint density at radius 1 is 0.889 bits per heavy atom. The second-order valence-corrected chi connectivity index (χ2v) is 7.64. The summed E-state index contributed by atoms with van der Waals surface area (Å²) < 4.78 is 11.0. The molecule has 0 fully saturated rings. The number of hydrazone groups is 1. The van der Waals surface area contributed by atoms with Gasteiger partial charge in [0.1, 0.15) is 11.5 Å². The van der Waals surface area contributed by atoms with Gasteiger partial charge in [-0.05, 0) is 61.4 Å². The highest BCUT2D eigenvalue weighted by Crippen LogP contribution is 2.23. The van der Waals surface area contributed by atoms with E-state index in [1.807, 2.05) is 44.2 Å². The molecule has 3 aromatic rings. The standard InChI is InChI=1S/C27H28N4O5/c1-3-35-24-12-8-7-11-23(24)30-26(33)27(34)31-28-17-20-13-15-22(16-14-20)36-18-25(32)29-19(2)21-9-5-4-6-10-21/h4-17,19H,3,18H2,1-2H3,(H,29,32)(H,30,33)(H,31,34)/b28-17-/t19-/m1/s1. The normalized spacial score (nSPS) is 11.4. The molecule has 0 aliphatic carbocycles. The summed E-state index contributed by atoms with van der Waals surface area (Å²) in [7, 11) is 0. The molecule has 0 radical (unpaired) electrons. The van der Waals surface area contributed by atoms with E-state index >= 15 is 0 Å². The number of para-hydroxylation sites is 2. The van der Waals surface area contributed by atoms with Gasteiger partial charge in [-0.2, -0.15) is 5.10 Å². The van der Waals surface area contributed by atoms with Crippen LogP contribution < -0.4 is 25.5 Å². The summed E-state index contributed by atoms with van der Waals surface area (Å²) in [6, 6.07) is 23.1. The van der Waals surface area contributed by atoms with Gasteiger partial charge in [0, 0.05) is 0 Å². The van der Waals surface area contributed by atoms with Crippen molar-refractivity contribution in [2.75, 3.05) is 18.5 Å². The molecule has 9 nitrogen and oxygen atoms in total. The number of benzene rings is 3. The van der Waals surface area contributed by atoms with E-state index < -0.39 is 11.8 Å². The fraction of sp³-hybridized carbons (Fsp3) is 0.185. The van der Waals surface area contributed by atoms with Crippen LogP contribution in [0.5, 0.6) is 11.5 Å². The predicted molar refractivity (Wildman–Crippen MR) is 137 cm³/mol. The number of hydrogen-bond donors (Lipinski definition) is 3. The largest absolute Gasteiger partial charge is 0.492 e.